The normalized spacial score (nSPS) is 17.8. The van der Waals surface area contributed by atoms with E-state index in [1.54, 1.807) is 37.4 Å². The molecule has 5 rings (SSSR count). The van der Waals surface area contributed by atoms with Gasteiger partial charge in [-0.3, -0.25) is 4.79 Å². The van der Waals surface area contributed by atoms with Crippen LogP contribution in [0.5, 0.6) is 11.6 Å². The van der Waals surface area contributed by atoms with Gasteiger partial charge in [0.15, 0.2) is 0 Å². The van der Waals surface area contributed by atoms with Crippen LogP contribution >= 0.6 is 23.1 Å². The first kappa shape index (κ1) is 30.9. The van der Waals surface area contributed by atoms with Gasteiger partial charge in [0.1, 0.15) is 19.0 Å². The number of aryl methyl sites for hydroxylation is 1. The van der Waals surface area contributed by atoms with Crippen LogP contribution in [0, 0.1) is 24.2 Å². The number of esters is 1. The smallest absolute Gasteiger partial charge is 0.307 e. The average Bonchev–Trinajstić information content (AvgIpc) is 3.41. The topological polar surface area (TPSA) is 98.1 Å². The summed E-state index contributed by atoms with van der Waals surface area (Å²) in [6, 6.07) is 16.0. The molecule has 0 spiro atoms. The molecule has 3 heterocycles. The highest BCUT2D eigenvalue weighted by Crippen LogP contribution is 2.51. The van der Waals surface area contributed by atoms with E-state index >= 15 is 0 Å². The van der Waals surface area contributed by atoms with Crippen LogP contribution in [0.25, 0.3) is 21.2 Å². The van der Waals surface area contributed by atoms with Crippen LogP contribution in [-0.4, -0.2) is 45.3 Å². The Balaban J connectivity index is 1.26. The summed E-state index contributed by atoms with van der Waals surface area (Å²) in [5.74, 6) is 7.23. The summed E-state index contributed by atoms with van der Waals surface area (Å²) < 4.78 is 18.2. The number of pyridine rings is 1. The Labute approximate surface area is 260 Å². The summed E-state index contributed by atoms with van der Waals surface area (Å²) in [5, 5.41) is 21.7. The number of benzene rings is 2. The van der Waals surface area contributed by atoms with E-state index in [0.717, 1.165) is 45.0 Å². The number of hydrogen-bond donors (Lipinski definition) is 2. The molecule has 2 N–H and O–H groups in total. The maximum atomic E-state index is 12.0. The summed E-state index contributed by atoms with van der Waals surface area (Å²) in [4.78, 5) is 16.4. The van der Waals surface area contributed by atoms with Crippen molar-refractivity contribution in [3.05, 3.63) is 76.8 Å². The molecule has 2 unspecified atom stereocenters. The Morgan fingerprint density at radius 1 is 1.12 bits per heavy atom. The van der Waals surface area contributed by atoms with Gasteiger partial charge in [0, 0.05) is 33.7 Å². The molecular formula is C34H35NO6S2. The number of ether oxygens (including phenoxy) is 3. The molecule has 7 nitrogen and oxygen atoms in total. The van der Waals surface area contributed by atoms with E-state index in [0.29, 0.717) is 30.6 Å². The predicted octanol–water partition coefficient (Wildman–Crippen LogP) is 6.68. The monoisotopic (exact) mass is 617 g/mol. The lowest BCUT2D eigenvalue weighted by atomic mass is 9.92. The van der Waals surface area contributed by atoms with Crippen molar-refractivity contribution >= 4 is 39.2 Å². The van der Waals surface area contributed by atoms with Gasteiger partial charge in [-0.25, -0.2) is 4.98 Å². The van der Waals surface area contributed by atoms with Gasteiger partial charge >= 0.3 is 5.97 Å². The van der Waals surface area contributed by atoms with Crippen LogP contribution in [0.1, 0.15) is 49.8 Å². The first-order valence-corrected chi connectivity index (χ1v) is 16.0. The highest BCUT2D eigenvalue weighted by atomic mass is 32.2. The van der Waals surface area contributed by atoms with E-state index in [9.17, 15) is 15.0 Å². The molecule has 4 aromatic rings. The molecule has 1 fully saturated rings. The Bertz CT molecular complexity index is 1670. The second kappa shape index (κ2) is 13.0. The lowest BCUT2D eigenvalue weighted by molar-refractivity contribution is -0.180. The van der Waals surface area contributed by atoms with Crippen molar-refractivity contribution in [2.24, 2.45) is 5.41 Å². The highest BCUT2D eigenvalue weighted by molar-refractivity contribution is 8.01. The number of hydrogen-bond acceptors (Lipinski definition) is 9. The van der Waals surface area contributed by atoms with Gasteiger partial charge in [-0.1, -0.05) is 35.9 Å². The SMILES string of the molecule is CC#CC(CC(=O)OCC)c1ccc(OCc2ccc3scc(-c4ccc(OCC5(C)CSC5(O)O)cc4C)c3c2)nc1. The lowest BCUT2D eigenvalue weighted by Gasteiger charge is -2.48. The number of aromatic nitrogens is 1. The molecule has 1 aliphatic heterocycles. The van der Waals surface area contributed by atoms with E-state index < -0.39 is 10.5 Å². The van der Waals surface area contributed by atoms with Crippen LogP contribution in [0.3, 0.4) is 0 Å². The molecule has 2 atom stereocenters. The molecular weight excluding hydrogens is 583 g/mol. The number of fused-ring (bicyclic) bond motifs is 1. The highest BCUT2D eigenvalue weighted by Gasteiger charge is 2.56. The molecule has 1 saturated heterocycles. The average molecular weight is 618 g/mol. The number of carbonyl (C=O) groups excluding carboxylic acids is 1. The number of rotatable bonds is 11. The van der Waals surface area contributed by atoms with Crippen molar-refractivity contribution in [1.29, 1.82) is 0 Å². The molecule has 0 aliphatic carbocycles. The number of thiophene rings is 1. The third-order valence-electron chi connectivity index (χ3n) is 7.60. The molecule has 9 heteroatoms. The van der Waals surface area contributed by atoms with Gasteiger partial charge < -0.3 is 24.4 Å². The van der Waals surface area contributed by atoms with Crippen LogP contribution in [-0.2, 0) is 16.1 Å². The molecule has 1 aliphatic rings. The number of nitrogens with zero attached hydrogens (tertiary/aromatic N) is 1. The van der Waals surface area contributed by atoms with Crippen LogP contribution in [0.15, 0.2) is 60.1 Å². The standard InChI is InChI=1S/C34H35NO6S2/c1-5-7-24(16-32(36)39-6-2)25-9-13-31(35-17-25)40-18-23-8-12-30-28(15-23)29(19-42-30)27-11-10-26(14-22(27)3)41-20-33(4)21-43-34(33,37)38/h8-15,17,19,24,37-38H,6,16,18,20-21H2,1-4H3. The van der Waals surface area contributed by atoms with Gasteiger partial charge in [-0.05, 0) is 79.6 Å². The second-order valence-electron chi connectivity index (χ2n) is 10.9. The Morgan fingerprint density at radius 3 is 2.60 bits per heavy atom. The number of carbonyl (C=O) groups is 1. The third-order valence-corrected chi connectivity index (χ3v) is 10.2. The lowest BCUT2D eigenvalue weighted by Crippen LogP contribution is -2.57. The second-order valence-corrected chi connectivity index (χ2v) is 12.9. The van der Waals surface area contributed by atoms with E-state index in [1.165, 1.54) is 4.70 Å². The maximum Gasteiger partial charge on any atom is 0.307 e. The van der Waals surface area contributed by atoms with Crippen molar-refractivity contribution in [3.63, 3.8) is 0 Å². The zero-order valence-electron chi connectivity index (χ0n) is 24.7. The largest absolute Gasteiger partial charge is 0.493 e. The molecule has 0 saturated carbocycles. The fourth-order valence-electron chi connectivity index (χ4n) is 4.88. The van der Waals surface area contributed by atoms with Gasteiger partial charge in [-0.2, -0.15) is 0 Å². The maximum absolute atomic E-state index is 12.0. The summed E-state index contributed by atoms with van der Waals surface area (Å²) in [7, 11) is 0. The predicted molar refractivity (Wildman–Crippen MR) is 171 cm³/mol. The molecule has 43 heavy (non-hydrogen) atoms. The van der Waals surface area contributed by atoms with E-state index in [4.69, 9.17) is 14.2 Å². The Kier molecular flexibility index (Phi) is 9.33. The molecule has 0 amide bonds. The van der Waals surface area contributed by atoms with E-state index in [1.807, 2.05) is 25.1 Å². The van der Waals surface area contributed by atoms with Crippen molar-refractivity contribution in [1.82, 2.24) is 4.98 Å². The van der Waals surface area contributed by atoms with Gasteiger partial charge in [0.2, 0.25) is 11.0 Å². The van der Waals surface area contributed by atoms with Crippen molar-refractivity contribution in [3.8, 4) is 34.6 Å². The van der Waals surface area contributed by atoms with Crippen LogP contribution in [0.2, 0.25) is 0 Å². The summed E-state index contributed by atoms with van der Waals surface area (Å²) in [6.07, 6.45) is 1.89. The number of aliphatic hydroxyl groups is 2. The number of thioether (sulfide) groups is 1. The van der Waals surface area contributed by atoms with E-state index in [2.05, 4.69) is 53.4 Å². The minimum Gasteiger partial charge on any atom is -0.493 e. The van der Waals surface area contributed by atoms with Crippen molar-refractivity contribution < 1.29 is 29.2 Å². The Hall–Kier alpha value is -3.55. The first-order valence-electron chi connectivity index (χ1n) is 14.1. The molecule has 224 valence electrons. The van der Waals surface area contributed by atoms with Crippen molar-refractivity contribution in [2.75, 3.05) is 19.0 Å². The quantitative estimate of drug-likeness (QED) is 0.109. The van der Waals surface area contributed by atoms with Crippen molar-refractivity contribution in [2.45, 2.75) is 51.8 Å². The Morgan fingerprint density at radius 2 is 1.95 bits per heavy atom. The van der Waals surface area contributed by atoms with Crippen LogP contribution < -0.4 is 9.47 Å². The van der Waals surface area contributed by atoms with E-state index in [-0.39, 0.29) is 24.9 Å². The molecule has 0 bridgehead atoms. The van der Waals surface area contributed by atoms with Crippen LogP contribution in [0.4, 0.5) is 0 Å². The molecule has 2 aromatic heterocycles. The molecule has 2 aromatic carbocycles. The van der Waals surface area contributed by atoms with Gasteiger partial charge in [-0.15, -0.1) is 17.3 Å². The minimum absolute atomic E-state index is 0.182. The fourth-order valence-corrected chi connectivity index (χ4v) is 6.86. The minimum atomic E-state index is -1.75. The summed E-state index contributed by atoms with van der Waals surface area (Å²) in [6.45, 7) is 8.34. The third kappa shape index (κ3) is 6.84. The first-order chi connectivity index (χ1) is 20.6. The fraction of sp³-hybridized carbons (Fsp3) is 0.353. The summed E-state index contributed by atoms with van der Waals surface area (Å²) in [5.41, 5.74) is 4.51. The molecule has 0 radical (unpaired) electrons. The summed E-state index contributed by atoms with van der Waals surface area (Å²) >= 11 is 2.82. The van der Waals surface area contributed by atoms with Gasteiger partial charge in [0.05, 0.1) is 24.4 Å². The zero-order valence-corrected chi connectivity index (χ0v) is 26.3. The van der Waals surface area contributed by atoms with Gasteiger partial charge in [0.25, 0.3) is 0 Å². The zero-order chi connectivity index (χ0) is 30.6.